The molecule has 0 aromatic rings. The molecule has 1 N–H and O–H groups in total. The van der Waals surface area contributed by atoms with Crippen molar-refractivity contribution in [2.75, 3.05) is 20.0 Å². The Hall–Kier alpha value is 0.680. The topological polar surface area (TPSA) is 30.5 Å². The van der Waals surface area contributed by atoms with Crippen LogP contribution in [0.3, 0.4) is 0 Å². The summed E-state index contributed by atoms with van der Waals surface area (Å²) in [7, 11) is 2.58. The van der Waals surface area contributed by atoms with Crippen molar-refractivity contribution in [2.24, 2.45) is 0 Å². The first-order valence-corrected chi connectivity index (χ1v) is 6.06. The molecule has 0 bridgehead atoms. The summed E-state index contributed by atoms with van der Waals surface area (Å²) < 4.78 is 33.8. The van der Waals surface area contributed by atoms with Crippen LogP contribution in [0.15, 0.2) is 0 Å². The summed E-state index contributed by atoms with van der Waals surface area (Å²) >= 11 is 9.56. The molecule has 0 saturated carbocycles. The molecule has 0 radical (unpaired) electrons. The molecule has 1 unspecified atom stereocenters. The quantitative estimate of drug-likeness (QED) is 0.587. The van der Waals surface area contributed by atoms with Gasteiger partial charge < -0.3 is 4.52 Å². The first-order chi connectivity index (χ1) is 5.39. The van der Waals surface area contributed by atoms with E-state index in [2.05, 4.69) is 25.9 Å². The molecule has 8 heteroatoms. The van der Waals surface area contributed by atoms with Crippen molar-refractivity contribution in [2.45, 2.75) is 6.11 Å². The first kappa shape index (κ1) is 12.7. The summed E-state index contributed by atoms with van der Waals surface area (Å²) in [6.45, 7) is -3.07. The van der Waals surface area contributed by atoms with Crippen molar-refractivity contribution in [1.82, 2.24) is 5.09 Å². The summed E-state index contributed by atoms with van der Waals surface area (Å²) in [5.74, 6) is -0.948. The summed E-state index contributed by atoms with van der Waals surface area (Å²) in [6, 6.07) is 0. The van der Waals surface area contributed by atoms with Crippen molar-refractivity contribution in [1.29, 1.82) is 0 Å². The Morgan fingerprint density at radius 3 is 2.42 bits per heavy atom. The van der Waals surface area contributed by atoms with Crippen LogP contribution < -0.4 is 5.09 Å². The predicted molar refractivity (Wildman–Crippen MR) is 47.1 cm³/mol. The van der Waals surface area contributed by atoms with Gasteiger partial charge in [-0.3, -0.25) is 4.52 Å². The van der Waals surface area contributed by atoms with E-state index in [0.29, 0.717) is 0 Å². The standard InChI is InChI=1S/C4H9ClF2NO2PS/c1-8-11(12,9-2)10-4(6,7)3-5/h3H2,1-2H3,(H,8,12). The summed E-state index contributed by atoms with van der Waals surface area (Å²) in [5.41, 5.74) is 0. The van der Waals surface area contributed by atoms with Crippen LogP contribution in [0.1, 0.15) is 0 Å². The van der Waals surface area contributed by atoms with Gasteiger partial charge >= 0.3 is 6.11 Å². The summed E-state index contributed by atoms with van der Waals surface area (Å²) in [5, 5.41) is 2.36. The molecule has 0 aromatic carbocycles. The Morgan fingerprint density at radius 2 is 2.17 bits per heavy atom. The van der Waals surface area contributed by atoms with Crippen molar-refractivity contribution in [3.8, 4) is 0 Å². The highest BCUT2D eigenvalue weighted by Crippen LogP contribution is 2.47. The minimum Gasteiger partial charge on any atom is -0.321 e. The lowest BCUT2D eigenvalue weighted by molar-refractivity contribution is -0.156. The molecule has 0 fully saturated rings. The average Bonchev–Trinajstić information content (AvgIpc) is 2.04. The Bertz CT molecular complexity index is 186. The minimum absolute atomic E-state index is 0.948. The maximum Gasteiger partial charge on any atom is 0.375 e. The van der Waals surface area contributed by atoms with Gasteiger partial charge in [-0.2, -0.15) is 8.78 Å². The second kappa shape index (κ2) is 4.79. The molecule has 0 spiro atoms. The SMILES string of the molecule is CNP(=S)(OC)OC(F)(F)CCl. The van der Waals surface area contributed by atoms with Crippen molar-refractivity contribution in [3.63, 3.8) is 0 Å². The third-order valence-electron chi connectivity index (χ3n) is 0.924. The zero-order valence-corrected chi connectivity index (χ0v) is 8.98. The maximum absolute atomic E-state index is 12.5. The highest BCUT2D eigenvalue weighted by atomic mass is 35.5. The van der Waals surface area contributed by atoms with Crippen LogP contribution in [-0.4, -0.2) is 26.1 Å². The van der Waals surface area contributed by atoms with E-state index in [9.17, 15) is 8.78 Å². The van der Waals surface area contributed by atoms with Crippen LogP contribution in [0.25, 0.3) is 0 Å². The molecule has 74 valence electrons. The largest absolute Gasteiger partial charge is 0.375 e. The third-order valence-corrected chi connectivity index (χ3v) is 3.99. The molecule has 12 heavy (non-hydrogen) atoms. The van der Waals surface area contributed by atoms with Gasteiger partial charge in [-0.15, -0.1) is 11.6 Å². The fourth-order valence-corrected chi connectivity index (χ4v) is 1.60. The Balaban J connectivity index is 4.31. The Kier molecular flexibility index (Phi) is 5.06. The fourth-order valence-electron chi connectivity index (χ4n) is 0.374. The van der Waals surface area contributed by atoms with Crippen molar-refractivity contribution < 1.29 is 17.8 Å². The van der Waals surface area contributed by atoms with Gasteiger partial charge in [0.25, 0.3) is 6.64 Å². The van der Waals surface area contributed by atoms with E-state index < -0.39 is 18.6 Å². The van der Waals surface area contributed by atoms with Crippen LogP contribution in [-0.2, 0) is 20.9 Å². The molecule has 0 aromatic heterocycles. The lowest BCUT2D eigenvalue weighted by atomic mass is 10.8. The lowest BCUT2D eigenvalue weighted by Gasteiger charge is -2.23. The van der Waals surface area contributed by atoms with E-state index in [1.165, 1.54) is 14.2 Å². The normalized spacial score (nSPS) is 17.4. The molecule has 0 aliphatic heterocycles. The molecule has 0 aliphatic rings. The zero-order valence-electron chi connectivity index (χ0n) is 6.51. The van der Waals surface area contributed by atoms with Crippen LogP contribution in [0.2, 0.25) is 0 Å². The number of rotatable bonds is 5. The van der Waals surface area contributed by atoms with E-state index >= 15 is 0 Å². The van der Waals surface area contributed by atoms with E-state index in [0.717, 1.165) is 0 Å². The van der Waals surface area contributed by atoms with E-state index in [-0.39, 0.29) is 0 Å². The number of alkyl halides is 3. The molecule has 0 amide bonds. The zero-order chi connectivity index (χ0) is 9.83. The Labute approximate surface area is 79.6 Å². The van der Waals surface area contributed by atoms with Crippen LogP contribution in [0.5, 0.6) is 0 Å². The predicted octanol–water partition coefficient (Wildman–Crippen LogP) is 1.92. The second-order valence-electron chi connectivity index (χ2n) is 1.77. The molecule has 0 aliphatic carbocycles. The number of halogens is 3. The highest BCUT2D eigenvalue weighted by Gasteiger charge is 2.36. The summed E-state index contributed by atoms with van der Waals surface area (Å²) in [6.07, 6.45) is -3.45. The van der Waals surface area contributed by atoms with E-state index in [4.69, 9.17) is 11.6 Å². The van der Waals surface area contributed by atoms with Gasteiger partial charge in [0.2, 0.25) is 0 Å². The van der Waals surface area contributed by atoms with Gasteiger partial charge in [-0.1, -0.05) is 0 Å². The lowest BCUT2D eigenvalue weighted by Crippen LogP contribution is -2.24. The smallest absolute Gasteiger partial charge is 0.321 e. The molecule has 0 heterocycles. The van der Waals surface area contributed by atoms with Crippen molar-refractivity contribution in [3.05, 3.63) is 0 Å². The average molecular weight is 240 g/mol. The monoisotopic (exact) mass is 239 g/mol. The molecule has 0 saturated heterocycles. The van der Waals surface area contributed by atoms with Gasteiger partial charge in [0.05, 0.1) is 0 Å². The molecular weight excluding hydrogens is 231 g/mol. The summed E-state index contributed by atoms with van der Waals surface area (Å²) in [4.78, 5) is 0. The van der Waals surface area contributed by atoms with Gasteiger partial charge in [0, 0.05) is 7.11 Å². The van der Waals surface area contributed by atoms with E-state index in [1.807, 2.05) is 0 Å². The first-order valence-electron chi connectivity index (χ1n) is 2.88. The molecule has 1 atom stereocenters. The third kappa shape index (κ3) is 4.07. The van der Waals surface area contributed by atoms with Crippen LogP contribution in [0.4, 0.5) is 8.78 Å². The fraction of sp³-hybridized carbons (Fsp3) is 1.00. The van der Waals surface area contributed by atoms with Gasteiger partial charge in [-0.05, 0) is 18.9 Å². The van der Waals surface area contributed by atoms with Crippen molar-refractivity contribution >= 4 is 30.1 Å². The number of nitrogens with one attached hydrogen (secondary N) is 1. The number of hydrogen-bond donors (Lipinski definition) is 1. The van der Waals surface area contributed by atoms with Gasteiger partial charge in [-0.25, -0.2) is 5.09 Å². The molecule has 0 rings (SSSR count). The minimum atomic E-state index is -3.45. The molecular formula is C4H9ClF2NO2PS. The van der Waals surface area contributed by atoms with Gasteiger partial charge in [0.15, 0.2) is 0 Å². The van der Waals surface area contributed by atoms with Crippen LogP contribution >= 0.6 is 18.2 Å². The highest BCUT2D eigenvalue weighted by molar-refractivity contribution is 8.08. The van der Waals surface area contributed by atoms with Gasteiger partial charge in [0.1, 0.15) is 5.88 Å². The van der Waals surface area contributed by atoms with Crippen LogP contribution in [0, 0.1) is 0 Å². The molecule has 3 nitrogen and oxygen atoms in total. The number of hydrogen-bond acceptors (Lipinski definition) is 3. The Morgan fingerprint density at radius 1 is 1.67 bits per heavy atom. The second-order valence-corrected chi connectivity index (χ2v) is 5.47. The maximum atomic E-state index is 12.5. The van der Waals surface area contributed by atoms with E-state index in [1.54, 1.807) is 0 Å².